The van der Waals surface area contributed by atoms with E-state index in [-0.39, 0.29) is 75.5 Å². The van der Waals surface area contributed by atoms with Gasteiger partial charge in [-0.2, -0.15) is 4.68 Å². The van der Waals surface area contributed by atoms with Gasteiger partial charge in [0.05, 0.1) is 72.9 Å². The number of nitrogens with zero attached hydrogens (tertiary/aromatic N) is 7. The number of carbonyl (C=O) groups excluding carboxylic acids is 11. The van der Waals surface area contributed by atoms with Crippen molar-refractivity contribution in [3.63, 3.8) is 0 Å². The van der Waals surface area contributed by atoms with Crippen LogP contribution in [0.5, 0.6) is 11.5 Å². The van der Waals surface area contributed by atoms with Crippen LogP contribution >= 0.6 is 11.6 Å². The van der Waals surface area contributed by atoms with E-state index in [0.29, 0.717) is 15.9 Å². The lowest BCUT2D eigenvalue weighted by Gasteiger charge is -2.29. The van der Waals surface area contributed by atoms with Crippen molar-refractivity contribution in [1.82, 2.24) is 38.0 Å². The zero-order valence-electron chi connectivity index (χ0n) is 68.1. The second kappa shape index (κ2) is 40.1. The van der Waals surface area contributed by atoms with Crippen LogP contribution in [0.3, 0.4) is 0 Å². The van der Waals surface area contributed by atoms with Crippen LogP contribution in [0.1, 0.15) is 117 Å². The molecule has 9 amide bonds. The highest BCUT2D eigenvalue weighted by Crippen LogP contribution is 2.35. The van der Waals surface area contributed by atoms with Crippen LogP contribution in [0.15, 0.2) is 172 Å². The number of benzene rings is 6. The average molecular weight is 1690 g/mol. The summed E-state index contributed by atoms with van der Waals surface area (Å²) >= 11 is 4.60. The Balaban J connectivity index is 0.000000245. The van der Waals surface area contributed by atoms with Gasteiger partial charge in [-0.25, -0.2) is 55.7 Å². The second-order valence-corrected chi connectivity index (χ2v) is 33.0. The number of Topliss-reactive ketones (excluding diaryl/α,β-unsaturated/α-hetero) is 3. The Bertz CT molecular complexity index is 5320. The Labute approximate surface area is 688 Å². The number of urea groups is 1. The van der Waals surface area contributed by atoms with Crippen LogP contribution in [-0.2, 0) is 86.7 Å². The van der Waals surface area contributed by atoms with Crippen LogP contribution in [0.25, 0.3) is 5.69 Å². The molecule has 630 valence electrons. The van der Waals surface area contributed by atoms with Gasteiger partial charge in [0, 0.05) is 59.6 Å². The molecule has 0 saturated carbocycles. The Morgan fingerprint density at radius 1 is 0.593 bits per heavy atom. The second-order valence-electron chi connectivity index (χ2n) is 29.6. The number of ketones is 3. The van der Waals surface area contributed by atoms with Crippen LogP contribution in [0.4, 0.5) is 38.0 Å². The van der Waals surface area contributed by atoms with Gasteiger partial charge in [-0.15, -0.1) is 0 Å². The molecule has 6 unspecified atom stereocenters. The van der Waals surface area contributed by atoms with Crippen molar-refractivity contribution in [3.8, 4) is 17.2 Å². The maximum atomic E-state index is 13.8. The normalized spacial score (nSPS) is 14.1. The molecule has 1 aliphatic heterocycles. The fourth-order valence-electron chi connectivity index (χ4n) is 11.5. The number of amides is 9. The lowest BCUT2D eigenvalue weighted by Crippen LogP contribution is -2.55. The summed E-state index contributed by atoms with van der Waals surface area (Å²) in [7, 11) is 0.922. The minimum Gasteiger partial charge on any atom is -0.495 e. The van der Waals surface area contributed by atoms with Crippen molar-refractivity contribution in [2.75, 3.05) is 66.9 Å². The van der Waals surface area contributed by atoms with Crippen molar-refractivity contribution in [2.45, 2.75) is 126 Å². The maximum Gasteiger partial charge on any atom is 0.421 e. The summed E-state index contributed by atoms with van der Waals surface area (Å²) in [6.07, 6.45) is 0.185. The van der Waals surface area contributed by atoms with Gasteiger partial charge in [-0.1, -0.05) is 154 Å². The molecular weight excluding hydrogens is 1590 g/mol. The highest BCUT2D eigenvalue weighted by Gasteiger charge is 2.54. The first-order chi connectivity index (χ1) is 55.4. The van der Waals surface area contributed by atoms with Crippen molar-refractivity contribution in [2.24, 2.45) is 29.2 Å². The Kier molecular flexibility index (Phi) is 31.6. The molecule has 9 rings (SSSR count). The Hall–Kier alpha value is -12.3. The molecule has 6 N–H and O–H groups in total. The minimum atomic E-state index is -4.38. The van der Waals surface area contributed by atoms with E-state index in [9.17, 15) is 75.0 Å². The largest absolute Gasteiger partial charge is 0.495 e. The van der Waals surface area contributed by atoms with E-state index in [2.05, 4.69) is 36.3 Å². The SMILES string of the molecule is CCOC(=O)NS(=O)(=O)c1ccc(OC)c(NC(=O)C(C(=O)C(C)(C)C)n2ccnc2C(=O)Nc2ccccc2)c1.CCOC1C(=O)N(C(C(=O)Nc2cc(C)ccc2Cl)C(=O)C(C)(C)C)C(=O)N1Cc1ccccc1.COc1ccc(NC(=O)C(C)CS(=O)OC)cc1NC(=O)C(C(=O)C(C)(C)C)n1c(=O)n(C)n(-c2ccccc2)c1=O. The first-order valence-corrected chi connectivity index (χ1v) is 39.8. The fraction of sp³-hybridized carbons (Fsp3) is 0.358. The third-order valence-corrected chi connectivity index (χ3v) is 20.4. The molecule has 0 radical (unpaired) electrons. The predicted molar refractivity (Wildman–Crippen MR) is 440 cm³/mol. The highest BCUT2D eigenvalue weighted by molar-refractivity contribution is 7.90. The average Bonchev–Trinajstić information content (AvgIpc) is 1.61. The summed E-state index contributed by atoms with van der Waals surface area (Å²) in [5.41, 5.74) is -1.91. The quantitative estimate of drug-likeness (QED) is 0.0187. The maximum absolute atomic E-state index is 13.8. The van der Waals surface area contributed by atoms with Gasteiger partial charge < -0.3 is 50.1 Å². The number of aromatic nitrogens is 5. The molecule has 0 aliphatic carbocycles. The van der Waals surface area contributed by atoms with Gasteiger partial charge in [0.2, 0.25) is 12.1 Å². The van der Waals surface area contributed by atoms with Gasteiger partial charge >= 0.3 is 23.5 Å². The molecule has 34 nitrogen and oxygen atoms in total. The molecule has 37 heteroatoms. The topological polar surface area (TPSA) is 431 Å². The third-order valence-electron chi connectivity index (χ3n) is 17.6. The molecule has 6 atom stereocenters. The van der Waals surface area contributed by atoms with Gasteiger partial charge in [-0.05, 0) is 105 Å². The number of ether oxygens (including phenoxy) is 4. The number of para-hydroxylation sites is 2. The number of aryl methyl sites for hydroxylation is 1. The first-order valence-electron chi connectivity index (χ1n) is 36.7. The standard InChI is InChI=1S/C28H35N5O8S.C27H31N5O8S.C26H30ClN3O5/c1-17(16-42(39)41-7)24(35)29-18-13-14-21(40-6)20(15-18)30-25(36)22(23(34)28(2,3)4)32-26(37)31(5)33(27(32)38)19-11-9-8-10-12-19;1-6-40-26(36)31-41(37,38)18-12-13-20(39-5)19(16-18)30-24(34)21(22(33)27(2,3)4)32-15-14-28-23(32)25(35)29-17-10-8-7-9-11-17;1-6-35-24-23(33)30(25(34)29(24)15-17-10-8-7-9-11-17)20(21(31)26(3,4)5)22(32)28-19-14-16(2)12-13-18(19)27/h8-15,17,22H,16H2,1-7H3,(H,29,35)(H,30,36);7-16,21H,6H2,1-5H3,(H,29,35)(H,30,34)(H,31,36);7-14,20,24H,6,15H2,1-5H3,(H,28,32). The number of halogens is 1. The minimum absolute atomic E-state index is 0.0228. The molecular formula is C81H96ClN13O21S2. The molecule has 0 bridgehead atoms. The number of methoxy groups -OCH3 is 2. The third kappa shape index (κ3) is 23.1. The molecule has 2 aromatic heterocycles. The van der Waals surface area contributed by atoms with Crippen molar-refractivity contribution < 1.29 is 88.5 Å². The number of hydrogen-bond acceptors (Lipinski definition) is 22. The summed E-state index contributed by atoms with van der Waals surface area (Å²) < 4.78 is 68.3. The number of imidazole rings is 1. The number of nitrogens with one attached hydrogen (secondary N) is 6. The Morgan fingerprint density at radius 3 is 1.68 bits per heavy atom. The van der Waals surface area contributed by atoms with Crippen LogP contribution in [0, 0.1) is 29.1 Å². The summed E-state index contributed by atoms with van der Waals surface area (Å²) in [4.78, 5) is 179. The lowest BCUT2D eigenvalue weighted by molar-refractivity contribution is -0.149. The lowest BCUT2D eigenvalue weighted by atomic mass is 9.85. The molecule has 1 aliphatic rings. The summed E-state index contributed by atoms with van der Waals surface area (Å²) in [6.45, 7) is 21.3. The number of carbonyl (C=O) groups is 11. The molecule has 6 aromatic carbocycles. The van der Waals surface area contributed by atoms with Gasteiger partial charge in [0.15, 0.2) is 52.4 Å². The fourth-order valence-corrected chi connectivity index (χ4v) is 13.3. The molecule has 0 spiro atoms. The molecule has 8 aromatic rings. The number of hydrogen-bond donors (Lipinski definition) is 6. The van der Waals surface area contributed by atoms with Crippen molar-refractivity contribution in [3.05, 3.63) is 201 Å². The smallest absolute Gasteiger partial charge is 0.421 e. The highest BCUT2D eigenvalue weighted by atomic mass is 35.5. The number of imide groups is 1. The zero-order valence-corrected chi connectivity index (χ0v) is 70.5. The summed E-state index contributed by atoms with van der Waals surface area (Å²) in [5.74, 6) is -6.95. The molecule has 118 heavy (non-hydrogen) atoms. The number of rotatable bonds is 29. The van der Waals surface area contributed by atoms with Crippen LogP contribution in [-0.4, -0.2) is 163 Å². The molecule has 1 fully saturated rings. The van der Waals surface area contributed by atoms with E-state index in [1.807, 2.05) is 37.3 Å². The van der Waals surface area contributed by atoms with E-state index in [0.717, 1.165) is 42.1 Å². The van der Waals surface area contributed by atoms with Crippen LogP contribution < -0.4 is 52.2 Å². The van der Waals surface area contributed by atoms with Gasteiger partial charge in [-0.3, -0.25) is 52.2 Å². The summed E-state index contributed by atoms with van der Waals surface area (Å²) in [6, 6.07) is 33.1. The number of anilines is 5. The van der Waals surface area contributed by atoms with E-state index < -0.39 is 144 Å². The summed E-state index contributed by atoms with van der Waals surface area (Å²) in [5, 5.41) is 13.4. The molecule has 1 saturated heterocycles. The Morgan fingerprint density at radius 2 is 1.12 bits per heavy atom. The monoisotopic (exact) mass is 1690 g/mol. The first kappa shape index (κ1) is 92.9. The van der Waals surface area contributed by atoms with E-state index >= 15 is 0 Å². The number of sulfonamides is 1. The van der Waals surface area contributed by atoms with Gasteiger partial charge in [0.1, 0.15) is 11.5 Å². The van der Waals surface area contributed by atoms with E-state index in [4.69, 9.17) is 30.0 Å². The van der Waals surface area contributed by atoms with Crippen molar-refractivity contribution >= 4 is 126 Å². The zero-order chi connectivity index (χ0) is 87.6. The van der Waals surface area contributed by atoms with E-state index in [1.54, 1.807) is 160 Å². The van der Waals surface area contributed by atoms with E-state index in [1.165, 1.54) is 76.9 Å². The van der Waals surface area contributed by atoms with Crippen LogP contribution in [0.2, 0.25) is 5.02 Å². The molecule has 3 heterocycles. The predicted octanol–water partition coefficient (Wildman–Crippen LogP) is 9.80. The van der Waals surface area contributed by atoms with Gasteiger partial charge in [0.25, 0.3) is 39.6 Å². The van der Waals surface area contributed by atoms with Crippen molar-refractivity contribution in [1.29, 1.82) is 0 Å².